The molecule has 2 bridgehead atoms. The van der Waals surface area contributed by atoms with Crippen molar-refractivity contribution in [2.45, 2.75) is 63.1 Å². The van der Waals surface area contributed by atoms with Gasteiger partial charge >= 0.3 is 0 Å². The molecule has 0 radical (unpaired) electrons. The standard InChI is InChI=1S/C17H28N2O3S2/c20-24(21)7-5-14(11-24)19(10-15-2-1-6-22-15)17(23)18-16-9-12-3-4-13(16)8-12/h12-16H,1-11H2,(H,18,23)/t12-,13-,14-,15+,16+/m0/s1. The van der Waals surface area contributed by atoms with Crippen LogP contribution in [0.5, 0.6) is 0 Å². The fourth-order valence-electron chi connectivity index (χ4n) is 5.09. The number of sulfone groups is 1. The lowest BCUT2D eigenvalue weighted by Gasteiger charge is -2.35. The van der Waals surface area contributed by atoms with Crippen LogP contribution < -0.4 is 5.32 Å². The van der Waals surface area contributed by atoms with Crippen molar-refractivity contribution in [1.82, 2.24) is 10.2 Å². The summed E-state index contributed by atoms with van der Waals surface area (Å²) < 4.78 is 29.7. The predicted molar refractivity (Wildman–Crippen MR) is 97.7 cm³/mol. The summed E-state index contributed by atoms with van der Waals surface area (Å²) in [6, 6.07) is 0.499. The highest BCUT2D eigenvalue weighted by Crippen LogP contribution is 2.44. The monoisotopic (exact) mass is 372 g/mol. The molecule has 0 spiro atoms. The second-order valence-corrected chi connectivity index (χ2v) is 10.7. The largest absolute Gasteiger partial charge is 0.376 e. The van der Waals surface area contributed by atoms with Gasteiger partial charge in [0.2, 0.25) is 0 Å². The van der Waals surface area contributed by atoms with E-state index in [2.05, 4.69) is 10.2 Å². The maximum absolute atomic E-state index is 11.9. The molecule has 1 N–H and O–H groups in total. The first-order chi connectivity index (χ1) is 11.5. The molecule has 0 aromatic carbocycles. The molecular weight excluding hydrogens is 344 g/mol. The van der Waals surface area contributed by atoms with Crippen molar-refractivity contribution < 1.29 is 13.2 Å². The molecule has 4 aliphatic rings. The molecule has 0 unspecified atom stereocenters. The van der Waals surface area contributed by atoms with E-state index in [4.69, 9.17) is 17.0 Å². The summed E-state index contributed by atoms with van der Waals surface area (Å²) in [5.74, 6) is 2.15. The normalized spacial score (nSPS) is 40.1. The van der Waals surface area contributed by atoms with Crippen LogP contribution in [-0.2, 0) is 14.6 Å². The topological polar surface area (TPSA) is 58.6 Å². The van der Waals surface area contributed by atoms with Gasteiger partial charge < -0.3 is 15.0 Å². The number of rotatable bonds is 4. The van der Waals surface area contributed by atoms with Gasteiger partial charge in [0.1, 0.15) is 0 Å². The Morgan fingerprint density at radius 2 is 2.08 bits per heavy atom. The van der Waals surface area contributed by atoms with Gasteiger partial charge in [0.25, 0.3) is 0 Å². The lowest BCUT2D eigenvalue weighted by atomic mass is 9.95. The molecule has 0 amide bonds. The Labute approximate surface area is 150 Å². The molecule has 4 rings (SSSR count). The number of nitrogens with zero attached hydrogens (tertiary/aromatic N) is 1. The summed E-state index contributed by atoms with van der Waals surface area (Å²) in [7, 11) is -2.91. The number of hydrogen-bond acceptors (Lipinski definition) is 4. The van der Waals surface area contributed by atoms with Gasteiger partial charge in [-0.2, -0.15) is 0 Å². The third kappa shape index (κ3) is 3.58. The molecule has 2 saturated carbocycles. The van der Waals surface area contributed by atoms with Gasteiger partial charge in [-0.3, -0.25) is 0 Å². The molecule has 2 aliphatic heterocycles. The molecule has 2 heterocycles. The van der Waals surface area contributed by atoms with Crippen LogP contribution in [0.4, 0.5) is 0 Å². The van der Waals surface area contributed by atoms with E-state index in [9.17, 15) is 8.42 Å². The van der Waals surface area contributed by atoms with Gasteiger partial charge in [-0.25, -0.2) is 8.42 Å². The van der Waals surface area contributed by atoms with Crippen molar-refractivity contribution in [1.29, 1.82) is 0 Å². The predicted octanol–water partition coefficient (Wildman–Crippen LogP) is 1.72. The Hall–Kier alpha value is -0.400. The van der Waals surface area contributed by atoms with E-state index < -0.39 is 9.84 Å². The number of fused-ring (bicyclic) bond motifs is 2. The van der Waals surface area contributed by atoms with E-state index in [1.807, 2.05) is 0 Å². The van der Waals surface area contributed by atoms with Gasteiger partial charge in [0, 0.05) is 25.2 Å². The highest BCUT2D eigenvalue weighted by molar-refractivity contribution is 7.91. The van der Waals surface area contributed by atoms with Gasteiger partial charge in [0.15, 0.2) is 14.9 Å². The van der Waals surface area contributed by atoms with Crippen LogP contribution in [0.3, 0.4) is 0 Å². The number of nitrogens with one attached hydrogen (secondary N) is 1. The molecular formula is C17H28N2O3S2. The Morgan fingerprint density at radius 3 is 2.67 bits per heavy atom. The zero-order valence-electron chi connectivity index (χ0n) is 14.2. The van der Waals surface area contributed by atoms with Gasteiger partial charge in [-0.1, -0.05) is 6.42 Å². The fraction of sp³-hybridized carbons (Fsp3) is 0.941. The Kier molecular flexibility index (Phi) is 4.77. The van der Waals surface area contributed by atoms with Crippen molar-refractivity contribution in [3.8, 4) is 0 Å². The van der Waals surface area contributed by atoms with E-state index in [-0.39, 0.29) is 23.7 Å². The molecule has 5 atom stereocenters. The number of thiocarbonyl (C=S) groups is 1. The molecule has 0 aromatic rings. The van der Waals surface area contributed by atoms with Gasteiger partial charge in [-0.15, -0.1) is 0 Å². The minimum Gasteiger partial charge on any atom is -0.376 e. The average molecular weight is 373 g/mol. The highest BCUT2D eigenvalue weighted by Gasteiger charge is 2.41. The summed E-state index contributed by atoms with van der Waals surface area (Å²) in [6.45, 7) is 1.54. The van der Waals surface area contributed by atoms with Crippen LogP contribution >= 0.6 is 12.2 Å². The van der Waals surface area contributed by atoms with Crippen LogP contribution in [0.25, 0.3) is 0 Å². The fourth-order valence-corrected chi connectivity index (χ4v) is 7.20. The van der Waals surface area contributed by atoms with E-state index in [1.165, 1.54) is 25.7 Å². The summed E-state index contributed by atoms with van der Waals surface area (Å²) in [4.78, 5) is 2.14. The lowest BCUT2D eigenvalue weighted by Crippen LogP contribution is -2.52. The third-order valence-electron chi connectivity index (χ3n) is 6.38. The highest BCUT2D eigenvalue weighted by atomic mass is 32.2. The summed E-state index contributed by atoms with van der Waals surface area (Å²) in [6.07, 6.45) is 8.26. The molecule has 0 aromatic heterocycles. The maximum Gasteiger partial charge on any atom is 0.169 e. The Morgan fingerprint density at radius 1 is 1.21 bits per heavy atom. The van der Waals surface area contributed by atoms with Crippen LogP contribution in [-0.4, -0.2) is 61.3 Å². The second kappa shape index (κ2) is 6.72. The van der Waals surface area contributed by atoms with E-state index >= 15 is 0 Å². The average Bonchev–Trinajstić information content (AvgIpc) is 3.28. The quantitative estimate of drug-likeness (QED) is 0.759. The molecule has 2 saturated heterocycles. The van der Waals surface area contributed by atoms with Crippen molar-refractivity contribution in [2.75, 3.05) is 24.7 Å². The maximum atomic E-state index is 11.9. The van der Waals surface area contributed by atoms with Gasteiger partial charge in [0.05, 0.1) is 17.6 Å². The molecule has 24 heavy (non-hydrogen) atoms. The zero-order valence-corrected chi connectivity index (χ0v) is 15.8. The molecule has 7 heteroatoms. The second-order valence-electron chi connectivity index (χ2n) is 8.08. The van der Waals surface area contributed by atoms with Crippen molar-refractivity contribution >= 4 is 27.2 Å². The van der Waals surface area contributed by atoms with E-state index in [1.54, 1.807) is 0 Å². The molecule has 5 nitrogen and oxygen atoms in total. The van der Waals surface area contributed by atoms with Gasteiger partial charge in [-0.05, 0) is 62.6 Å². The Balaban J connectivity index is 1.43. The van der Waals surface area contributed by atoms with Crippen LogP contribution in [0, 0.1) is 11.8 Å². The first-order valence-corrected chi connectivity index (χ1v) is 11.6. The molecule has 2 aliphatic carbocycles. The zero-order chi connectivity index (χ0) is 16.7. The number of hydrogen-bond donors (Lipinski definition) is 1. The summed E-state index contributed by atoms with van der Waals surface area (Å²) >= 11 is 5.74. The first kappa shape index (κ1) is 17.0. The smallest absolute Gasteiger partial charge is 0.169 e. The van der Waals surface area contributed by atoms with Crippen LogP contribution in [0.2, 0.25) is 0 Å². The van der Waals surface area contributed by atoms with Crippen molar-refractivity contribution in [3.63, 3.8) is 0 Å². The Bertz CT molecular complexity index is 589. The van der Waals surface area contributed by atoms with Crippen molar-refractivity contribution in [3.05, 3.63) is 0 Å². The van der Waals surface area contributed by atoms with Crippen molar-refractivity contribution in [2.24, 2.45) is 11.8 Å². The minimum atomic E-state index is -2.91. The molecule has 136 valence electrons. The summed E-state index contributed by atoms with van der Waals surface area (Å²) in [5.41, 5.74) is 0. The first-order valence-electron chi connectivity index (χ1n) is 9.39. The molecule has 4 fully saturated rings. The van der Waals surface area contributed by atoms with E-state index in [0.717, 1.165) is 42.9 Å². The number of ether oxygens (including phenoxy) is 1. The SMILES string of the molecule is O=S1(=O)CC[C@H](N(C[C@H]2CCCO2)C(=S)N[C@@H]2C[C@H]3CC[C@H]2C3)C1. The third-order valence-corrected chi connectivity index (χ3v) is 8.48. The minimum absolute atomic E-state index is 0.0118. The van der Waals surface area contributed by atoms with Crippen LogP contribution in [0.1, 0.15) is 44.9 Å². The van der Waals surface area contributed by atoms with Crippen LogP contribution in [0.15, 0.2) is 0 Å². The van der Waals surface area contributed by atoms with E-state index in [0.29, 0.717) is 12.5 Å². The lowest BCUT2D eigenvalue weighted by molar-refractivity contribution is 0.0838. The summed E-state index contributed by atoms with van der Waals surface area (Å²) in [5, 5.41) is 4.35.